The highest BCUT2D eigenvalue weighted by Gasteiger charge is 2.21. The van der Waals surface area contributed by atoms with Crippen molar-refractivity contribution in [3.63, 3.8) is 0 Å². The molecule has 0 unspecified atom stereocenters. The van der Waals surface area contributed by atoms with E-state index in [1.807, 2.05) is 0 Å². The third kappa shape index (κ3) is 2.47. The van der Waals surface area contributed by atoms with Crippen LogP contribution in [-0.2, 0) is 0 Å². The van der Waals surface area contributed by atoms with Crippen molar-refractivity contribution < 1.29 is 17.9 Å². The number of halogens is 3. The maximum Gasteiger partial charge on any atom is 0.387 e. The summed E-state index contributed by atoms with van der Waals surface area (Å²) in [5.74, 6) is -0.388. The summed E-state index contributed by atoms with van der Waals surface area (Å²) in [6.45, 7) is -2.07. The second-order valence-electron chi connectivity index (χ2n) is 3.71. The number of ether oxygens (including phenoxy) is 1. The summed E-state index contributed by atoms with van der Waals surface area (Å²) in [7, 11) is 0. The quantitative estimate of drug-likeness (QED) is 0.863. The first-order chi connectivity index (χ1) is 7.66. The van der Waals surface area contributed by atoms with Crippen LogP contribution < -0.4 is 10.1 Å². The van der Waals surface area contributed by atoms with Gasteiger partial charge in [-0.1, -0.05) is 0 Å². The Morgan fingerprint density at radius 1 is 1.38 bits per heavy atom. The number of hydrogen-bond acceptors (Lipinski definition) is 2. The van der Waals surface area contributed by atoms with Crippen molar-refractivity contribution in [2.24, 2.45) is 0 Å². The summed E-state index contributed by atoms with van der Waals surface area (Å²) in [6, 6.07) is 3.53. The lowest BCUT2D eigenvalue weighted by atomic mass is 10.0. The monoisotopic (exact) mass is 231 g/mol. The van der Waals surface area contributed by atoms with Gasteiger partial charge in [-0.2, -0.15) is 8.78 Å². The lowest BCUT2D eigenvalue weighted by Crippen LogP contribution is -2.15. The fourth-order valence-corrected chi connectivity index (χ4v) is 1.94. The first-order valence-corrected chi connectivity index (χ1v) is 5.14. The van der Waals surface area contributed by atoms with Gasteiger partial charge >= 0.3 is 6.61 Å². The van der Waals surface area contributed by atoms with Crippen LogP contribution in [0.4, 0.5) is 13.2 Å². The summed E-state index contributed by atoms with van der Waals surface area (Å²) in [5.41, 5.74) is 0.470. The number of alkyl halides is 2. The molecule has 0 aliphatic carbocycles. The van der Waals surface area contributed by atoms with E-state index >= 15 is 0 Å². The average Bonchev–Trinajstić information content (AvgIpc) is 2.73. The number of hydrogen-bond donors (Lipinski definition) is 1. The zero-order chi connectivity index (χ0) is 11.5. The minimum absolute atomic E-state index is 0.0517. The van der Waals surface area contributed by atoms with Gasteiger partial charge in [0.15, 0.2) is 0 Å². The summed E-state index contributed by atoms with van der Waals surface area (Å²) < 4.78 is 41.7. The third-order valence-corrected chi connectivity index (χ3v) is 2.62. The molecule has 0 aromatic heterocycles. The summed E-state index contributed by atoms with van der Waals surface area (Å²) in [5, 5.41) is 3.12. The molecule has 0 radical (unpaired) electrons. The molecule has 1 fully saturated rings. The zero-order valence-corrected chi connectivity index (χ0v) is 8.55. The smallest absolute Gasteiger partial charge is 0.387 e. The first kappa shape index (κ1) is 11.3. The normalized spacial score (nSPS) is 20.4. The van der Waals surface area contributed by atoms with Gasteiger partial charge in [-0.3, -0.25) is 0 Å². The van der Waals surface area contributed by atoms with E-state index in [1.54, 1.807) is 0 Å². The summed E-state index contributed by atoms with van der Waals surface area (Å²) >= 11 is 0. The Labute approximate surface area is 91.4 Å². The Morgan fingerprint density at radius 3 is 2.81 bits per heavy atom. The van der Waals surface area contributed by atoms with Crippen molar-refractivity contribution in [3.8, 4) is 5.75 Å². The molecule has 1 atom stereocenters. The minimum Gasteiger partial charge on any atom is -0.434 e. The van der Waals surface area contributed by atoms with E-state index in [9.17, 15) is 13.2 Å². The molecular weight excluding hydrogens is 219 g/mol. The fourth-order valence-electron chi connectivity index (χ4n) is 1.94. The molecule has 1 aromatic rings. The fraction of sp³-hybridized carbons (Fsp3) is 0.455. The maximum atomic E-state index is 13.1. The minimum atomic E-state index is -2.88. The highest BCUT2D eigenvalue weighted by molar-refractivity contribution is 5.37. The maximum absolute atomic E-state index is 13.1. The van der Waals surface area contributed by atoms with E-state index in [0.29, 0.717) is 5.56 Å². The molecule has 1 aromatic carbocycles. The SMILES string of the molecule is Fc1ccc(OC(F)F)c([C@H]2CCCN2)c1. The van der Waals surface area contributed by atoms with Crippen molar-refractivity contribution >= 4 is 0 Å². The van der Waals surface area contributed by atoms with Gasteiger partial charge in [-0.05, 0) is 37.6 Å². The van der Waals surface area contributed by atoms with E-state index in [0.717, 1.165) is 25.5 Å². The van der Waals surface area contributed by atoms with E-state index in [2.05, 4.69) is 10.1 Å². The zero-order valence-electron chi connectivity index (χ0n) is 8.55. The van der Waals surface area contributed by atoms with Crippen molar-refractivity contribution in [1.82, 2.24) is 5.32 Å². The summed E-state index contributed by atoms with van der Waals surface area (Å²) in [4.78, 5) is 0. The molecule has 16 heavy (non-hydrogen) atoms. The van der Waals surface area contributed by atoms with Gasteiger partial charge in [0.25, 0.3) is 0 Å². The molecule has 0 amide bonds. The Bertz CT molecular complexity index is 364. The second-order valence-corrected chi connectivity index (χ2v) is 3.71. The highest BCUT2D eigenvalue weighted by atomic mass is 19.3. The van der Waals surface area contributed by atoms with Crippen molar-refractivity contribution in [2.75, 3.05) is 6.54 Å². The lowest BCUT2D eigenvalue weighted by molar-refractivity contribution is -0.0507. The molecular formula is C11H12F3NO. The molecule has 1 saturated heterocycles. The Hall–Kier alpha value is -1.23. The van der Waals surface area contributed by atoms with Crippen molar-refractivity contribution in [2.45, 2.75) is 25.5 Å². The molecule has 88 valence electrons. The molecule has 1 heterocycles. The molecule has 0 spiro atoms. The van der Waals surface area contributed by atoms with E-state index in [4.69, 9.17) is 0 Å². The topological polar surface area (TPSA) is 21.3 Å². The van der Waals surface area contributed by atoms with Gasteiger partial charge in [0.1, 0.15) is 11.6 Å². The molecule has 2 rings (SSSR count). The van der Waals surface area contributed by atoms with Crippen LogP contribution in [0.1, 0.15) is 24.4 Å². The van der Waals surface area contributed by atoms with Crippen LogP contribution in [0.2, 0.25) is 0 Å². The van der Waals surface area contributed by atoms with Gasteiger partial charge in [-0.25, -0.2) is 4.39 Å². The van der Waals surface area contributed by atoms with Crippen LogP contribution in [0.15, 0.2) is 18.2 Å². The Balaban J connectivity index is 2.28. The van der Waals surface area contributed by atoms with Crippen LogP contribution in [0, 0.1) is 5.82 Å². The van der Waals surface area contributed by atoms with Gasteiger partial charge < -0.3 is 10.1 Å². The highest BCUT2D eigenvalue weighted by Crippen LogP contribution is 2.32. The largest absolute Gasteiger partial charge is 0.434 e. The Kier molecular flexibility index (Phi) is 3.33. The second kappa shape index (κ2) is 4.74. The van der Waals surface area contributed by atoms with Crippen molar-refractivity contribution in [1.29, 1.82) is 0 Å². The van der Waals surface area contributed by atoms with Crippen LogP contribution in [0.5, 0.6) is 5.75 Å². The number of rotatable bonds is 3. The van der Waals surface area contributed by atoms with Gasteiger partial charge in [-0.15, -0.1) is 0 Å². The molecule has 0 bridgehead atoms. The molecule has 5 heteroatoms. The van der Waals surface area contributed by atoms with Gasteiger partial charge in [0, 0.05) is 11.6 Å². The van der Waals surface area contributed by atoms with Crippen LogP contribution >= 0.6 is 0 Å². The van der Waals surface area contributed by atoms with Crippen LogP contribution in [0.25, 0.3) is 0 Å². The van der Waals surface area contributed by atoms with Crippen LogP contribution in [-0.4, -0.2) is 13.2 Å². The lowest BCUT2D eigenvalue weighted by Gasteiger charge is -2.16. The molecule has 1 aliphatic heterocycles. The predicted molar refractivity (Wildman–Crippen MR) is 53.0 cm³/mol. The average molecular weight is 231 g/mol. The van der Waals surface area contributed by atoms with E-state index in [-0.39, 0.29) is 11.8 Å². The Morgan fingerprint density at radius 2 is 2.19 bits per heavy atom. The van der Waals surface area contributed by atoms with E-state index in [1.165, 1.54) is 12.1 Å². The van der Waals surface area contributed by atoms with Gasteiger partial charge in [0.2, 0.25) is 0 Å². The molecule has 0 saturated carbocycles. The van der Waals surface area contributed by atoms with E-state index < -0.39 is 12.4 Å². The molecule has 1 N–H and O–H groups in total. The summed E-state index contributed by atoms with van der Waals surface area (Å²) in [6.07, 6.45) is 1.76. The predicted octanol–water partition coefficient (Wildman–Crippen LogP) is 2.85. The number of benzene rings is 1. The number of nitrogens with one attached hydrogen (secondary N) is 1. The first-order valence-electron chi connectivity index (χ1n) is 5.14. The molecule has 1 aliphatic rings. The van der Waals surface area contributed by atoms with Crippen LogP contribution in [0.3, 0.4) is 0 Å². The van der Waals surface area contributed by atoms with Crippen molar-refractivity contribution in [3.05, 3.63) is 29.6 Å². The van der Waals surface area contributed by atoms with Gasteiger partial charge in [0.05, 0.1) is 0 Å². The standard InChI is InChI=1S/C11H12F3NO/c12-7-3-4-10(16-11(13)14)8(6-7)9-2-1-5-15-9/h3-4,6,9,11,15H,1-2,5H2/t9-/m1/s1. The third-order valence-electron chi connectivity index (χ3n) is 2.62. The molecule has 2 nitrogen and oxygen atoms in total.